The second kappa shape index (κ2) is 6.34. The highest BCUT2D eigenvalue weighted by molar-refractivity contribution is 9.10. The SMILES string of the molecule is O=C(O)[C@@H](Cc1cccc(Br)c1)C[C@@H]1CCCO1. The number of carbonyl (C=O) groups is 1. The van der Waals surface area contributed by atoms with Gasteiger partial charge < -0.3 is 9.84 Å². The first kappa shape index (κ1) is 13.6. The number of halogens is 1. The molecule has 1 heterocycles. The molecule has 2 atom stereocenters. The summed E-state index contributed by atoms with van der Waals surface area (Å²) < 4.78 is 6.51. The van der Waals surface area contributed by atoms with Crippen molar-refractivity contribution in [2.24, 2.45) is 5.92 Å². The van der Waals surface area contributed by atoms with Gasteiger partial charge in [-0.05, 0) is 43.4 Å². The minimum Gasteiger partial charge on any atom is -0.481 e. The maximum atomic E-state index is 11.3. The molecule has 3 nitrogen and oxygen atoms in total. The summed E-state index contributed by atoms with van der Waals surface area (Å²) in [5.74, 6) is -1.09. The van der Waals surface area contributed by atoms with Crippen LogP contribution in [0.5, 0.6) is 0 Å². The summed E-state index contributed by atoms with van der Waals surface area (Å²) in [5, 5.41) is 9.30. The van der Waals surface area contributed by atoms with E-state index in [9.17, 15) is 9.90 Å². The standard InChI is InChI=1S/C14H17BrO3/c15-12-4-1-3-10(8-12)7-11(14(16)17)9-13-5-2-6-18-13/h1,3-4,8,11,13H,2,5-7,9H2,(H,16,17)/t11-,13-/m0/s1. The molecular formula is C14H17BrO3. The Labute approximate surface area is 115 Å². The molecule has 4 heteroatoms. The van der Waals surface area contributed by atoms with Gasteiger partial charge in [-0.25, -0.2) is 0 Å². The molecule has 1 N–H and O–H groups in total. The molecule has 1 saturated heterocycles. The number of rotatable bonds is 5. The fourth-order valence-corrected chi connectivity index (χ4v) is 2.81. The van der Waals surface area contributed by atoms with E-state index < -0.39 is 5.97 Å². The first-order valence-electron chi connectivity index (χ1n) is 6.24. The van der Waals surface area contributed by atoms with Gasteiger partial charge in [-0.3, -0.25) is 4.79 Å². The van der Waals surface area contributed by atoms with Crippen molar-refractivity contribution in [2.45, 2.75) is 31.8 Å². The highest BCUT2D eigenvalue weighted by Crippen LogP contribution is 2.23. The van der Waals surface area contributed by atoms with Crippen LogP contribution in [0, 0.1) is 5.92 Å². The van der Waals surface area contributed by atoms with E-state index in [0.29, 0.717) is 12.8 Å². The molecule has 1 aromatic rings. The van der Waals surface area contributed by atoms with Crippen LogP contribution in [0.1, 0.15) is 24.8 Å². The zero-order valence-electron chi connectivity index (χ0n) is 10.1. The van der Waals surface area contributed by atoms with Gasteiger partial charge in [0.25, 0.3) is 0 Å². The van der Waals surface area contributed by atoms with Gasteiger partial charge in [0.1, 0.15) is 0 Å². The summed E-state index contributed by atoms with van der Waals surface area (Å²) in [6.45, 7) is 0.772. The summed E-state index contributed by atoms with van der Waals surface area (Å²) >= 11 is 3.41. The fraction of sp³-hybridized carbons (Fsp3) is 0.500. The third-order valence-electron chi connectivity index (χ3n) is 3.29. The van der Waals surface area contributed by atoms with Gasteiger partial charge in [-0.15, -0.1) is 0 Å². The maximum absolute atomic E-state index is 11.3. The fourth-order valence-electron chi connectivity index (χ4n) is 2.37. The Kier molecular flexibility index (Phi) is 4.78. The summed E-state index contributed by atoms with van der Waals surface area (Å²) in [6, 6.07) is 7.82. The second-order valence-corrected chi connectivity index (χ2v) is 5.66. The van der Waals surface area contributed by atoms with Crippen molar-refractivity contribution in [3.63, 3.8) is 0 Å². The molecule has 1 aromatic carbocycles. The van der Waals surface area contributed by atoms with Crippen molar-refractivity contribution < 1.29 is 14.6 Å². The molecule has 0 saturated carbocycles. The first-order valence-corrected chi connectivity index (χ1v) is 7.03. The zero-order valence-corrected chi connectivity index (χ0v) is 11.7. The molecule has 1 aliphatic rings. The van der Waals surface area contributed by atoms with Crippen molar-refractivity contribution in [2.75, 3.05) is 6.61 Å². The lowest BCUT2D eigenvalue weighted by Crippen LogP contribution is -2.22. The number of aliphatic carboxylic acids is 1. The highest BCUT2D eigenvalue weighted by Gasteiger charge is 2.25. The van der Waals surface area contributed by atoms with Crippen molar-refractivity contribution in [3.05, 3.63) is 34.3 Å². The Balaban J connectivity index is 1.99. The molecular weight excluding hydrogens is 296 g/mol. The Hall–Kier alpha value is -0.870. The van der Waals surface area contributed by atoms with E-state index in [-0.39, 0.29) is 12.0 Å². The Morgan fingerprint density at radius 3 is 3.00 bits per heavy atom. The van der Waals surface area contributed by atoms with Gasteiger partial charge >= 0.3 is 5.97 Å². The number of ether oxygens (including phenoxy) is 1. The average Bonchev–Trinajstić information content (AvgIpc) is 2.81. The lowest BCUT2D eigenvalue weighted by atomic mass is 9.93. The van der Waals surface area contributed by atoms with E-state index >= 15 is 0 Å². The zero-order chi connectivity index (χ0) is 13.0. The molecule has 0 unspecified atom stereocenters. The lowest BCUT2D eigenvalue weighted by Gasteiger charge is -2.16. The Morgan fingerprint density at radius 1 is 1.56 bits per heavy atom. The minimum atomic E-state index is -0.731. The second-order valence-electron chi connectivity index (χ2n) is 4.74. The predicted octanol–water partition coefficient (Wildman–Crippen LogP) is 3.26. The van der Waals surface area contributed by atoms with Gasteiger partial charge in [0, 0.05) is 11.1 Å². The van der Waals surface area contributed by atoms with Crippen molar-refractivity contribution in [1.29, 1.82) is 0 Å². The normalized spacial score (nSPS) is 20.8. The van der Waals surface area contributed by atoms with Crippen LogP contribution in [-0.2, 0) is 16.0 Å². The summed E-state index contributed by atoms with van der Waals surface area (Å²) in [6.07, 6.45) is 3.34. The third kappa shape index (κ3) is 3.82. The summed E-state index contributed by atoms with van der Waals surface area (Å²) in [7, 11) is 0. The predicted molar refractivity (Wildman–Crippen MR) is 72.6 cm³/mol. The van der Waals surface area contributed by atoms with E-state index in [1.165, 1.54) is 0 Å². The van der Waals surface area contributed by atoms with Crippen molar-refractivity contribution in [1.82, 2.24) is 0 Å². The summed E-state index contributed by atoms with van der Waals surface area (Å²) in [5.41, 5.74) is 1.05. The van der Waals surface area contributed by atoms with Crippen LogP contribution in [0.3, 0.4) is 0 Å². The van der Waals surface area contributed by atoms with Crippen LogP contribution in [0.4, 0.5) is 0 Å². The molecule has 0 radical (unpaired) electrons. The van der Waals surface area contributed by atoms with E-state index in [4.69, 9.17) is 4.74 Å². The highest BCUT2D eigenvalue weighted by atomic mass is 79.9. The molecule has 98 valence electrons. The van der Waals surface area contributed by atoms with E-state index in [1.54, 1.807) is 0 Å². The summed E-state index contributed by atoms with van der Waals surface area (Å²) in [4.78, 5) is 11.3. The van der Waals surface area contributed by atoms with E-state index in [2.05, 4.69) is 15.9 Å². The topological polar surface area (TPSA) is 46.5 Å². The number of hydrogen-bond donors (Lipinski definition) is 1. The van der Waals surface area contributed by atoms with Crippen molar-refractivity contribution >= 4 is 21.9 Å². The van der Waals surface area contributed by atoms with Crippen molar-refractivity contribution in [3.8, 4) is 0 Å². The maximum Gasteiger partial charge on any atom is 0.306 e. The van der Waals surface area contributed by atoms with Crippen LogP contribution < -0.4 is 0 Å². The lowest BCUT2D eigenvalue weighted by molar-refractivity contribution is -0.142. The molecule has 0 aliphatic carbocycles. The van der Waals surface area contributed by atoms with Gasteiger partial charge in [-0.1, -0.05) is 28.1 Å². The average molecular weight is 313 g/mol. The van der Waals surface area contributed by atoms with Gasteiger partial charge in [0.2, 0.25) is 0 Å². The number of carboxylic acid groups (broad SMARTS) is 1. The number of carboxylic acids is 1. The molecule has 2 rings (SSSR count). The van der Waals surface area contributed by atoms with Gasteiger partial charge in [0.15, 0.2) is 0 Å². The Morgan fingerprint density at radius 2 is 2.39 bits per heavy atom. The van der Waals surface area contributed by atoms with Gasteiger partial charge in [-0.2, -0.15) is 0 Å². The molecule has 0 aromatic heterocycles. The monoisotopic (exact) mass is 312 g/mol. The third-order valence-corrected chi connectivity index (χ3v) is 3.79. The quantitative estimate of drug-likeness (QED) is 0.907. The van der Waals surface area contributed by atoms with E-state index in [0.717, 1.165) is 29.5 Å². The molecule has 0 bridgehead atoms. The van der Waals surface area contributed by atoms with Gasteiger partial charge in [0.05, 0.1) is 12.0 Å². The molecule has 0 spiro atoms. The number of hydrogen-bond acceptors (Lipinski definition) is 2. The Bertz CT molecular complexity index is 413. The van der Waals surface area contributed by atoms with Crippen LogP contribution in [0.25, 0.3) is 0 Å². The van der Waals surface area contributed by atoms with Crippen LogP contribution in [0.15, 0.2) is 28.7 Å². The minimum absolute atomic E-state index is 0.123. The first-order chi connectivity index (χ1) is 8.65. The molecule has 1 fully saturated rings. The largest absolute Gasteiger partial charge is 0.481 e. The van der Waals surface area contributed by atoms with Crippen LogP contribution >= 0.6 is 15.9 Å². The molecule has 18 heavy (non-hydrogen) atoms. The van der Waals surface area contributed by atoms with E-state index in [1.807, 2.05) is 24.3 Å². The molecule has 1 aliphatic heterocycles. The number of benzene rings is 1. The smallest absolute Gasteiger partial charge is 0.306 e. The van der Waals surface area contributed by atoms with Crippen LogP contribution in [-0.4, -0.2) is 23.8 Å². The van der Waals surface area contributed by atoms with Crippen LogP contribution in [0.2, 0.25) is 0 Å². The molecule has 0 amide bonds.